The number of methoxy groups -OCH3 is 1. The molecule has 1 saturated heterocycles. The largest absolute Gasteiger partial charge is 0.497 e. The summed E-state index contributed by atoms with van der Waals surface area (Å²) in [4.78, 5) is 11.6. The van der Waals surface area contributed by atoms with Crippen molar-refractivity contribution in [3.8, 4) is 16.9 Å². The fourth-order valence-corrected chi connectivity index (χ4v) is 6.18. The Hall–Kier alpha value is -3.48. The normalized spacial score (nSPS) is 14.9. The van der Waals surface area contributed by atoms with Gasteiger partial charge in [-0.2, -0.15) is 17.7 Å². The Morgan fingerprint density at radius 3 is 2.37 bits per heavy atom. The number of nitrogens with one attached hydrogen (secondary N) is 1. The van der Waals surface area contributed by atoms with Crippen molar-refractivity contribution >= 4 is 49.2 Å². The number of benzene rings is 2. The Morgan fingerprint density at radius 2 is 1.71 bits per heavy atom. The number of piperazine rings is 1. The maximum atomic E-state index is 13.5. The second kappa shape index (κ2) is 9.29. The molecule has 2 aromatic carbocycles. The number of anilines is 3. The lowest BCUT2D eigenvalue weighted by Gasteiger charge is -2.35. The first-order chi connectivity index (χ1) is 16.8. The number of nitrogens with zero attached hydrogens (tertiary/aromatic N) is 4. The molecule has 3 heterocycles. The lowest BCUT2D eigenvalue weighted by atomic mass is 10.1. The highest BCUT2D eigenvalue weighted by molar-refractivity contribution is 7.90. The van der Waals surface area contributed by atoms with Gasteiger partial charge in [0.1, 0.15) is 22.2 Å². The van der Waals surface area contributed by atoms with Gasteiger partial charge in [-0.05, 0) is 42.0 Å². The summed E-state index contributed by atoms with van der Waals surface area (Å²) in [5.41, 5.74) is 8.17. The highest BCUT2D eigenvalue weighted by atomic mass is 32.2. The standard InChI is InChI=1S/C23H23FN6O3S2/c1-33-18-8-6-17(7-9-18)28-35(31,32)30-12-10-29(11-13-30)21-20-19(15-2-4-16(24)5-3-15)14-34-22(20)27-23(25)26-21/h2-9,14,28H,10-13H2,1H3,(H2,25,26,27). The maximum Gasteiger partial charge on any atom is 0.301 e. The van der Waals surface area contributed by atoms with Crippen LogP contribution in [0.4, 0.5) is 21.8 Å². The van der Waals surface area contributed by atoms with Gasteiger partial charge in [0.25, 0.3) is 0 Å². The third kappa shape index (κ3) is 4.72. The molecule has 3 N–H and O–H groups in total. The van der Waals surface area contributed by atoms with Crippen LogP contribution in [0, 0.1) is 5.82 Å². The number of thiophene rings is 1. The number of nitrogens with two attached hydrogens (primary N) is 1. The van der Waals surface area contributed by atoms with Gasteiger partial charge in [-0.25, -0.2) is 9.37 Å². The molecular weight excluding hydrogens is 491 g/mol. The third-order valence-corrected chi connectivity index (χ3v) is 8.21. The van der Waals surface area contributed by atoms with Crippen LogP contribution in [0.3, 0.4) is 0 Å². The lowest BCUT2D eigenvalue weighted by Crippen LogP contribution is -2.50. The Labute approximate surface area is 206 Å². The van der Waals surface area contributed by atoms with Gasteiger partial charge in [-0.15, -0.1) is 11.3 Å². The summed E-state index contributed by atoms with van der Waals surface area (Å²) in [5, 5.41) is 2.78. The van der Waals surface area contributed by atoms with Crippen LogP contribution in [0.25, 0.3) is 21.3 Å². The van der Waals surface area contributed by atoms with Gasteiger partial charge in [0.2, 0.25) is 5.95 Å². The highest BCUT2D eigenvalue weighted by Gasteiger charge is 2.29. The van der Waals surface area contributed by atoms with Gasteiger partial charge in [-0.3, -0.25) is 4.72 Å². The first-order valence-electron chi connectivity index (χ1n) is 10.8. The van der Waals surface area contributed by atoms with E-state index in [4.69, 9.17) is 10.5 Å². The Bertz CT molecular complexity index is 1450. The molecule has 4 aromatic rings. The van der Waals surface area contributed by atoms with Crippen molar-refractivity contribution in [1.29, 1.82) is 0 Å². The zero-order chi connectivity index (χ0) is 24.6. The van der Waals surface area contributed by atoms with E-state index in [1.54, 1.807) is 43.5 Å². The van der Waals surface area contributed by atoms with Crippen LogP contribution < -0.4 is 20.1 Å². The molecule has 2 aromatic heterocycles. The van der Waals surface area contributed by atoms with Crippen molar-refractivity contribution in [3.05, 3.63) is 59.7 Å². The minimum Gasteiger partial charge on any atom is -0.497 e. The number of rotatable bonds is 6. The number of hydrogen-bond donors (Lipinski definition) is 2. The lowest BCUT2D eigenvalue weighted by molar-refractivity contribution is 0.387. The van der Waals surface area contributed by atoms with E-state index in [-0.39, 0.29) is 24.9 Å². The smallest absolute Gasteiger partial charge is 0.301 e. The minimum absolute atomic E-state index is 0.149. The average Bonchev–Trinajstić information content (AvgIpc) is 3.28. The predicted molar refractivity (Wildman–Crippen MR) is 137 cm³/mol. The molecule has 182 valence electrons. The fourth-order valence-electron chi connectivity index (χ4n) is 4.02. The number of fused-ring (bicyclic) bond motifs is 1. The monoisotopic (exact) mass is 514 g/mol. The van der Waals surface area contributed by atoms with E-state index in [2.05, 4.69) is 14.7 Å². The second-order valence-electron chi connectivity index (χ2n) is 7.96. The van der Waals surface area contributed by atoms with Gasteiger partial charge < -0.3 is 15.4 Å². The Balaban J connectivity index is 1.37. The van der Waals surface area contributed by atoms with Gasteiger partial charge >= 0.3 is 10.2 Å². The summed E-state index contributed by atoms with van der Waals surface area (Å²) in [6.07, 6.45) is 0. The van der Waals surface area contributed by atoms with Crippen LogP contribution in [0.5, 0.6) is 5.75 Å². The molecule has 0 atom stereocenters. The molecule has 0 saturated carbocycles. The quantitative estimate of drug-likeness (QED) is 0.404. The molecule has 0 unspecified atom stereocenters. The summed E-state index contributed by atoms with van der Waals surface area (Å²) in [5.74, 6) is 1.13. The van der Waals surface area contributed by atoms with Crippen LogP contribution >= 0.6 is 11.3 Å². The zero-order valence-electron chi connectivity index (χ0n) is 18.8. The van der Waals surface area contributed by atoms with Gasteiger partial charge in [0.05, 0.1) is 18.2 Å². The summed E-state index contributed by atoms with van der Waals surface area (Å²) < 4.78 is 48.5. The summed E-state index contributed by atoms with van der Waals surface area (Å²) in [6.45, 7) is 1.39. The molecule has 1 fully saturated rings. The van der Waals surface area contributed by atoms with E-state index < -0.39 is 10.2 Å². The number of ether oxygens (including phenoxy) is 1. The third-order valence-electron chi connectivity index (χ3n) is 5.80. The SMILES string of the molecule is COc1ccc(NS(=O)(=O)N2CCN(c3nc(N)nc4scc(-c5ccc(F)cc5)c34)CC2)cc1. The van der Waals surface area contributed by atoms with Gasteiger partial charge in [0.15, 0.2) is 0 Å². The predicted octanol–water partition coefficient (Wildman–Crippen LogP) is 3.57. The van der Waals surface area contributed by atoms with Crippen molar-refractivity contribution in [1.82, 2.24) is 14.3 Å². The number of halogens is 1. The number of nitrogen functional groups attached to an aromatic ring is 1. The van der Waals surface area contributed by atoms with E-state index in [9.17, 15) is 12.8 Å². The summed E-state index contributed by atoms with van der Waals surface area (Å²) in [6, 6.07) is 13.0. The minimum atomic E-state index is -3.73. The van der Waals surface area contributed by atoms with E-state index in [1.165, 1.54) is 27.8 Å². The maximum absolute atomic E-state index is 13.5. The molecule has 5 rings (SSSR count). The Morgan fingerprint density at radius 1 is 1.03 bits per heavy atom. The molecule has 0 amide bonds. The average molecular weight is 515 g/mol. The molecule has 12 heteroatoms. The van der Waals surface area contributed by atoms with E-state index in [0.717, 1.165) is 21.3 Å². The van der Waals surface area contributed by atoms with Crippen molar-refractivity contribution in [2.45, 2.75) is 0 Å². The molecule has 1 aliphatic heterocycles. The Kier molecular flexibility index (Phi) is 6.17. The van der Waals surface area contributed by atoms with Crippen LogP contribution in [-0.4, -0.2) is 56.0 Å². The van der Waals surface area contributed by atoms with Crippen molar-refractivity contribution in [2.24, 2.45) is 0 Å². The van der Waals surface area contributed by atoms with Gasteiger partial charge in [-0.1, -0.05) is 12.1 Å². The summed E-state index contributed by atoms with van der Waals surface area (Å²) in [7, 11) is -2.18. The van der Waals surface area contributed by atoms with Crippen molar-refractivity contribution in [2.75, 3.05) is 48.6 Å². The highest BCUT2D eigenvalue weighted by Crippen LogP contribution is 2.39. The molecule has 0 aliphatic carbocycles. The fraction of sp³-hybridized carbons (Fsp3) is 0.217. The molecular formula is C23H23FN6O3S2. The zero-order valence-corrected chi connectivity index (χ0v) is 20.4. The molecule has 0 radical (unpaired) electrons. The molecule has 0 spiro atoms. The van der Waals surface area contributed by atoms with E-state index in [1.807, 2.05) is 10.3 Å². The molecule has 9 nitrogen and oxygen atoms in total. The summed E-state index contributed by atoms with van der Waals surface area (Å²) >= 11 is 1.44. The first kappa shape index (κ1) is 23.3. The number of hydrogen-bond acceptors (Lipinski definition) is 8. The first-order valence-corrected chi connectivity index (χ1v) is 13.1. The van der Waals surface area contributed by atoms with Crippen molar-refractivity contribution < 1.29 is 17.5 Å². The topological polar surface area (TPSA) is 114 Å². The van der Waals surface area contributed by atoms with Crippen LogP contribution in [0.2, 0.25) is 0 Å². The van der Waals surface area contributed by atoms with Crippen LogP contribution in [0.1, 0.15) is 0 Å². The second-order valence-corrected chi connectivity index (χ2v) is 10.5. The molecule has 1 aliphatic rings. The van der Waals surface area contributed by atoms with Crippen LogP contribution in [-0.2, 0) is 10.2 Å². The van der Waals surface area contributed by atoms with E-state index >= 15 is 0 Å². The molecule has 35 heavy (non-hydrogen) atoms. The number of aromatic nitrogens is 2. The molecule has 0 bridgehead atoms. The van der Waals surface area contributed by atoms with E-state index in [0.29, 0.717) is 30.3 Å². The van der Waals surface area contributed by atoms with Crippen molar-refractivity contribution in [3.63, 3.8) is 0 Å². The van der Waals surface area contributed by atoms with Gasteiger partial charge in [0, 0.05) is 37.1 Å². The van der Waals surface area contributed by atoms with Crippen LogP contribution in [0.15, 0.2) is 53.9 Å².